The SMILES string of the molecule is C=c1ccc2c(c1=CC/C=C\C)C(C)=C(O)C(C(=O)N(C)/C=C\C)N(Cc1ccccc1)C2=O.CC. The summed E-state index contributed by atoms with van der Waals surface area (Å²) in [6.07, 6.45) is 10.00. The van der Waals surface area contributed by atoms with Crippen molar-refractivity contribution in [3.63, 3.8) is 0 Å². The lowest BCUT2D eigenvalue weighted by atomic mass is 9.95. The third-order valence-electron chi connectivity index (χ3n) is 6.00. The maximum atomic E-state index is 14.0. The molecular weight excluding hydrogens is 448 g/mol. The fraction of sp³-hybridized carbons (Fsp3) is 0.290. The van der Waals surface area contributed by atoms with Crippen LogP contribution in [0.2, 0.25) is 0 Å². The summed E-state index contributed by atoms with van der Waals surface area (Å²) in [7, 11) is 1.62. The van der Waals surface area contributed by atoms with Gasteiger partial charge in [0.15, 0.2) is 6.04 Å². The molecule has 5 heteroatoms. The molecule has 0 saturated carbocycles. The van der Waals surface area contributed by atoms with E-state index in [0.717, 1.165) is 16.0 Å². The van der Waals surface area contributed by atoms with E-state index in [1.807, 2.05) is 82.3 Å². The Balaban J connectivity index is 0.00000222. The van der Waals surface area contributed by atoms with Crippen LogP contribution >= 0.6 is 0 Å². The molecule has 0 aromatic heterocycles. The Hall–Kier alpha value is -3.86. The number of benzene rings is 2. The molecule has 36 heavy (non-hydrogen) atoms. The van der Waals surface area contributed by atoms with Gasteiger partial charge in [-0.2, -0.15) is 0 Å². The predicted molar refractivity (Wildman–Crippen MR) is 149 cm³/mol. The van der Waals surface area contributed by atoms with Crippen molar-refractivity contribution >= 4 is 30.0 Å². The van der Waals surface area contributed by atoms with Crippen molar-refractivity contribution in [2.45, 2.75) is 53.6 Å². The second-order valence-corrected chi connectivity index (χ2v) is 8.33. The van der Waals surface area contributed by atoms with Crippen LogP contribution in [0, 0.1) is 0 Å². The summed E-state index contributed by atoms with van der Waals surface area (Å²) < 4.78 is 0. The van der Waals surface area contributed by atoms with Gasteiger partial charge in [0.25, 0.3) is 11.8 Å². The molecule has 0 spiro atoms. The van der Waals surface area contributed by atoms with Gasteiger partial charge in [0, 0.05) is 30.9 Å². The van der Waals surface area contributed by atoms with Crippen LogP contribution in [-0.4, -0.2) is 39.8 Å². The number of hydrogen-bond acceptors (Lipinski definition) is 3. The molecule has 2 amide bonds. The van der Waals surface area contributed by atoms with Crippen LogP contribution in [-0.2, 0) is 11.3 Å². The van der Waals surface area contributed by atoms with Gasteiger partial charge in [-0.3, -0.25) is 9.59 Å². The van der Waals surface area contributed by atoms with Gasteiger partial charge >= 0.3 is 0 Å². The van der Waals surface area contributed by atoms with Gasteiger partial charge < -0.3 is 14.9 Å². The minimum Gasteiger partial charge on any atom is -0.509 e. The first-order valence-electron chi connectivity index (χ1n) is 12.4. The fourth-order valence-corrected chi connectivity index (χ4v) is 4.24. The number of carbonyl (C=O) groups excluding carboxylic acids is 2. The first kappa shape index (κ1) is 28.4. The molecule has 0 radical (unpaired) electrons. The van der Waals surface area contributed by atoms with Crippen molar-refractivity contribution in [1.82, 2.24) is 9.80 Å². The summed E-state index contributed by atoms with van der Waals surface area (Å²) in [6.45, 7) is 13.8. The van der Waals surface area contributed by atoms with E-state index < -0.39 is 6.04 Å². The molecule has 1 heterocycles. The highest BCUT2D eigenvalue weighted by atomic mass is 16.3. The third kappa shape index (κ3) is 6.03. The van der Waals surface area contributed by atoms with Crippen LogP contribution < -0.4 is 10.4 Å². The Kier molecular flexibility index (Phi) is 10.5. The molecule has 190 valence electrons. The Morgan fingerprint density at radius 2 is 1.78 bits per heavy atom. The average molecular weight is 487 g/mol. The van der Waals surface area contributed by atoms with Crippen LogP contribution in [0.25, 0.3) is 18.2 Å². The van der Waals surface area contributed by atoms with E-state index in [9.17, 15) is 14.7 Å². The van der Waals surface area contributed by atoms with Crippen LogP contribution in [0.1, 0.15) is 62.5 Å². The van der Waals surface area contributed by atoms with Crippen molar-refractivity contribution in [3.8, 4) is 0 Å². The van der Waals surface area contributed by atoms with E-state index in [2.05, 4.69) is 6.58 Å². The highest BCUT2D eigenvalue weighted by Gasteiger charge is 2.40. The molecular formula is C31H38N2O3. The lowest BCUT2D eigenvalue weighted by molar-refractivity contribution is -0.132. The highest BCUT2D eigenvalue weighted by molar-refractivity contribution is 6.05. The van der Waals surface area contributed by atoms with Gasteiger partial charge in [0.1, 0.15) is 5.76 Å². The molecule has 0 saturated heterocycles. The van der Waals surface area contributed by atoms with E-state index in [1.54, 1.807) is 32.3 Å². The number of rotatable bonds is 6. The number of nitrogens with zero attached hydrogens (tertiary/aromatic N) is 2. The van der Waals surface area contributed by atoms with Gasteiger partial charge in [-0.15, -0.1) is 0 Å². The van der Waals surface area contributed by atoms with Gasteiger partial charge in [-0.25, -0.2) is 0 Å². The summed E-state index contributed by atoms with van der Waals surface area (Å²) >= 11 is 0. The molecule has 1 aliphatic rings. The van der Waals surface area contributed by atoms with Gasteiger partial charge in [0.05, 0.1) is 0 Å². The number of aliphatic hydroxyl groups is 1. The second-order valence-electron chi connectivity index (χ2n) is 8.33. The van der Waals surface area contributed by atoms with Crippen molar-refractivity contribution < 1.29 is 14.7 Å². The monoisotopic (exact) mass is 486 g/mol. The number of hydrogen-bond donors (Lipinski definition) is 1. The zero-order valence-corrected chi connectivity index (χ0v) is 22.3. The predicted octanol–water partition coefficient (Wildman–Crippen LogP) is 5.18. The quantitative estimate of drug-likeness (QED) is 0.573. The Morgan fingerprint density at radius 1 is 1.11 bits per heavy atom. The molecule has 2 aromatic rings. The summed E-state index contributed by atoms with van der Waals surface area (Å²) in [6, 6.07) is 11.9. The maximum absolute atomic E-state index is 14.0. The number of allylic oxidation sites excluding steroid dienone is 4. The molecule has 3 rings (SSSR count). The van der Waals surface area contributed by atoms with Crippen LogP contribution in [0.4, 0.5) is 0 Å². The standard InChI is InChI=1S/C29H32N2O3.C2H6/c1-6-8-10-15-23-20(3)16-17-24-25(23)21(4)27(32)26(29(34)30(5)18-7-2)31(28(24)33)19-22-13-11-9-12-14-22;1-2/h6-9,11-18,26,32H,3,10,19H2,1-2,4-5H3;1-2H3/b8-6-,18-7-,23-15?;. The van der Waals surface area contributed by atoms with E-state index >= 15 is 0 Å². The molecule has 2 aromatic carbocycles. The summed E-state index contributed by atoms with van der Waals surface area (Å²) in [5.74, 6) is -0.827. The third-order valence-corrected chi connectivity index (χ3v) is 6.00. The zero-order valence-electron chi connectivity index (χ0n) is 22.3. The van der Waals surface area contributed by atoms with E-state index in [4.69, 9.17) is 0 Å². The maximum Gasteiger partial charge on any atom is 0.256 e. The molecule has 0 fully saturated rings. The number of amides is 2. The molecule has 1 atom stereocenters. The molecule has 0 bridgehead atoms. The first-order chi connectivity index (χ1) is 17.3. The van der Waals surface area contributed by atoms with Crippen molar-refractivity contribution in [2.24, 2.45) is 0 Å². The lowest BCUT2D eigenvalue weighted by Gasteiger charge is -2.31. The smallest absolute Gasteiger partial charge is 0.256 e. The molecule has 0 aliphatic carbocycles. The minimum absolute atomic E-state index is 0.129. The summed E-state index contributed by atoms with van der Waals surface area (Å²) in [5, 5.41) is 13.0. The zero-order chi connectivity index (χ0) is 26.8. The van der Waals surface area contributed by atoms with Crippen molar-refractivity contribution in [2.75, 3.05) is 7.05 Å². The van der Waals surface area contributed by atoms with Crippen molar-refractivity contribution in [3.05, 3.63) is 99.8 Å². The second kappa shape index (κ2) is 13.3. The fourth-order valence-electron chi connectivity index (χ4n) is 4.24. The Bertz CT molecular complexity index is 1270. The molecule has 5 nitrogen and oxygen atoms in total. The Morgan fingerprint density at radius 3 is 2.39 bits per heavy atom. The Labute approximate surface area is 215 Å². The van der Waals surface area contributed by atoms with Gasteiger partial charge in [0.2, 0.25) is 0 Å². The molecule has 1 N–H and O–H groups in total. The highest BCUT2D eigenvalue weighted by Crippen LogP contribution is 2.30. The molecule has 1 unspecified atom stereocenters. The summed E-state index contributed by atoms with van der Waals surface area (Å²) in [5.41, 5.74) is 2.44. The van der Waals surface area contributed by atoms with Gasteiger partial charge in [-0.1, -0.05) is 81.1 Å². The van der Waals surface area contributed by atoms with Crippen LogP contribution in [0.15, 0.2) is 72.7 Å². The number of fused-ring (bicyclic) bond motifs is 1. The normalized spacial score (nSPS) is 16.2. The largest absolute Gasteiger partial charge is 0.509 e. The molecule has 1 aliphatic heterocycles. The average Bonchev–Trinajstić information content (AvgIpc) is 2.96. The minimum atomic E-state index is -1.15. The number of aliphatic hydroxyl groups excluding tert-OH is 1. The topological polar surface area (TPSA) is 60.9 Å². The van der Waals surface area contributed by atoms with Gasteiger partial charge in [-0.05, 0) is 54.8 Å². The van der Waals surface area contributed by atoms with Crippen molar-refractivity contribution in [1.29, 1.82) is 0 Å². The summed E-state index contributed by atoms with van der Waals surface area (Å²) in [4.78, 5) is 30.3. The number of likely N-dealkylation sites (N-methyl/N-ethyl adjacent to an activating group) is 1. The van der Waals surface area contributed by atoms with E-state index in [0.29, 0.717) is 23.1 Å². The van der Waals surface area contributed by atoms with Crippen LogP contribution in [0.5, 0.6) is 0 Å². The van der Waals surface area contributed by atoms with E-state index in [-0.39, 0.29) is 24.1 Å². The lowest BCUT2D eigenvalue weighted by Crippen LogP contribution is -2.49. The van der Waals surface area contributed by atoms with E-state index in [1.165, 1.54) is 9.80 Å². The van der Waals surface area contributed by atoms with Crippen LogP contribution in [0.3, 0.4) is 0 Å². The number of carbonyl (C=O) groups is 2. The first-order valence-corrected chi connectivity index (χ1v) is 12.4.